The molecule has 2 saturated heterocycles. The number of carbonyl (C=O) groups is 1. The smallest absolute Gasteiger partial charge is 0.328 e. The number of hydrogen-bond donors (Lipinski definition) is 1. The highest BCUT2D eigenvalue weighted by Crippen LogP contribution is 2.39. The summed E-state index contributed by atoms with van der Waals surface area (Å²) in [6.07, 6.45) is 5.68. The molecule has 3 heteroatoms. The lowest BCUT2D eigenvalue weighted by Crippen LogP contribution is -2.39. The van der Waals surface area contributed by atoms with Crippen molar-refractivity contribution in [3.63, 3.8) is 0 Å². The molecule has 3 rings (SSSR count). The number of aliphatic carboxylic acids is 1. The van der Waals surface area contributed by atoms with Crippen LogP contribution in [0.15, 0.2) is 42.0 Å². The third-order valence-corrected chi connectivity index (χ3v) is 4.30. The lowest BCUT2D eigenvalue weighted by atomic mass is 9.95. The molecule has 0 aliphatic carbocycles. The zero-order valence-corrected chi connectivity index (χ0v) is 11.0. The van der Waals surface area contributed by atoms with Gasteiger partial charge < -0.3 is 5.11 Å². The molecule has 0 spiro atoms. The molecule has 0 radical (unpaired) electrons. The van der Waals surface area contributed by atoms with E-state index in [1.54, 1.807) is 0 Å². The highest BCUT2D eigenvalue weighted by atomic mass is 16.4. The van der Waals surface area contributed by atoms with E-state index in [4.69, 9.17) is 5.11 Å². The van der Waals surface area contributed by atoms with Crippen LogP contribution in [0.1, 0.15) is 31.2 Å². The molecule has 1 N–H and O–H groups in total. The third-order valence-electron chi connectivity index (χ3n) is 4.30. The molecule has 2 unspecified atom stereocenters. The fourth-order valence-corrected chi connectivity index (χ4v) is 3.49. The van der Waals surface area contributed by atoms with Gasteiger partial charge in [-0.25, -0.2) is 4.79 Å². The van der Waals surface area contributed by atoms with Crippen molar-refractivity contribution in [2.24, 2.45) is 0 Å². The molecule has 2 bridgehead atoms. The maximum atomic E-state index is 10.8. The minimum atomic E-state index is -0.800. The van der Waals surface area contributed by atoms with Crippen LogP contribution in [0.2, 0.25) is 0 Å². The van der Waals surface area contributed by atoms with Gasteiger partial charge in [0.2, 0.25) is 0 Å². The Morgan fingerprint density at radius 2 is 1.84 bits per heavy atom. The summed E-state index contributed by atoms with van der Waals surface area (Å²) in [5.74, 6) is -0.800. The predicted octanol–water partition coefficient (Wildman–Crippen LogP) is 2.82. The first-order valence-corrected chi connectivity index (χ1v) is 6.94. The Morgan fingerprint density at radius 1 is 1.21 bits per heavy atom. The van der Waals surface area contributed by atoms with Crippen LogP contribution in [0.5, 0.6) is 0 Å². The minimum absolute atomic E-state index is 0.532. The summed E-state index contributed by atoms with van der Waals surface area (Å²) in [6.45, 7) is 0.997. The molecule has 0 saturated carbocycles. The summed E-state index contributed by atoms with van der Waals surface area (Å²) in [6, 6.07) is 11.6. The van der Waals surface area contributed by atoms with Crippen molar-refractivity contribution < 1.29 is 9.90 Å². The lowest BCUT2D eigenvalue weighted by molar-refractivity contribution is -0.131. The van der Waals surface area contributed by atoms with Crippen LogP contribution in [0.3, 0.4) is 0 Å². The SMILES string of the molecule is O=C(O)C=C1CC2CCC(C1)N2Cc1ccccc1. The quantitative estimate of drug-likeness (QED) is 0.846. The highest BCUT2D eigenvalue weighted by molar-refractivity contribution is 5.80. The van der Waals surface area contributed by atoms with E-state index < -0.39 is 5.97 Å². The van der Waals surface area contributed by atoms with Gasteiger partial charge in [0.05, 0.1) is 0 Å². The topological polar surface area (TPSA) is 40.5 Å². The van der Waals surface area contributed by atoms with Gasteiger partial charge in [-0.15, -0.1) is 0 Å². The number of hydrogen-bond acceptors (Lipinski definition) is 2. The van der Waals surface area contributed by atoms with E-state index in [-0.39, 0.29) is 0 Å². The van der Waals surface area contributed by atoms with Gasteiger partial charge in [0.1, 0.15) is 0 Å². The largest absolute Gasteiger partial charge is 0.478 e. The number of rotatable bonds is 3. The van der Waals surface area contributed by atoms with E-state index in [1.165, 1.54) is 24.5 Å². The molecule has 3 nitrogen and oxygen atoms in total. The fourth-order valence-electron chi connectivity index (χ4n) is 3.49. The van der Waals surface area contributed by atoms with E-state index in [0.717, 1.165) is 25.0 Å². The Labute approximate surface area is 113 Å². The van der Waals surface area contributed by atoms with Gasteiger partial charge in [0.15, 0.2) is 0 Å². The number of carboxylic acid groups (broad SMARTS) is 1. The number of nitrogens with zero attached hydrogens (tertiary/aromatic N) is 1. The Balaban J connectivity index is 1.72. The van der Waals surface area contributed by atoms with Crippen molar-refractivity contribution in [3.05, 3.63) is 47.5 Å². The van der Waals surface area contributed by atoms with Gasteiger partial charge in [-0.2, -0.15) is 0 Å². The second-order valence-electron chi connectivity index (χ2n) is 5.59. The monoisotopic (exact) mass is 257 g/mol. The van der Waals surface area contributed by atoms with Gasteiger partial charge in [-0.1, -0.05) is 35.9 Å². The molecule has 2 fully saturated rings. The zero-order valence-electron chi connectivity index (χ0n) is 11.0. The number of fused-ring (bicyclic) bond motifs is 2. The number of carboxylic acids is 1. The van der Waals surface area contributed by atoms with Crippen LogP contribution in [-0.2, 0) is 11.3 Å². The third kappa shape index (κ3) is 2.71. The Hall–Kier alpha value is -1.61. The molecule has 0 amide bonds. The Kier molecular flexibility index (Phi) is 3.38. The van der Waals surface area contributed by atoms with Crippen LogP contribution in [0, 0.1) is 0 Å². The van der Waals surface area contributed by atoms with Gasteiger partial charge in [-0.3, -0.25) is 4.90 Å². The molecule has 1 aromatic carbocycles. The van der Waals surface area contributed by atoms with Crippen LogP contribution >= 0.6 is 0 Å². The van der Waals surface area contributed by atoms with Crippen LogP contribution in [0.4, 0.5) is 0 Å². The van der Waals surface area contributed by atoms with Crippen molar-refractivity contribution in [2.75, 3.05) is 0 Å². The average Bonchev–Trinajstić information content (AvgIpc) is 2.62. The van der Waals surface area contributed by atoms with Crippen molar-refractivity contribution in [2.45, 2.75) is 44.3 Å². The summed E-state index contributed by atoms with van der Waals surface area (Å²) in [4.78, 5) is 13.3. The molecular weight excluding hydrogens is 238 g/mol. The summed E-state index contributed by atoms with van der Waals surface area (Å²) < 4.78 is 0. The maximum Gasteiger partial charge on any atom is 0.328 e. The minimum Gasteiger partial charge on any atom is -0.478 e. The molecule has 0 aromatic heterocycles. The predicted molar refractivity (Wildman–Crippen MR) is 73.7 cm³/mol. The summed E-state index contributed by atoms with van der Waals surface area (Å²) >= 11 is 0. The van der Waals surface area contributed by atoms with Crippen LogP contribution < -0.4 is 0 Å². The van der Waals surface area contributed by atoms with Gasteiger partial charge in [0, 0.05) is 24.7 Å². The summed E-state index contributed by atoms with van der Waals surface area (Å²) in [5.41, 5.74) is 2.47. The second-order valence-corrected chi connectivity index (χ2v) is 5.59. The highest BCUT2D eigenvalue weighted by Gasteiger charge is 2.38. The number of piperidine rings is 1. The Bertz CT molecular complexity index is 479. The maximum absolute atomic E-state index is 10.8. The Morgan fingerprint density at radius 3 is 2.42 bits per heavy atom. The molecule has 19 heavy (non-hydrogen) atoms. The van der Waals surface area contributed by atoms with E-state index in [9.17, 15) is 4.79 Å². The number of benzene rings is 1. The molecule has 1 aromatic rings. The normalized spacial score (nSPS) is 26.4. The fraction of sp³-hybridized carbons (Fsp3) is 0.438. The van der Waals surface area contributed by atoms with Crippen molar-refractivity contribution in [3.8, 4) is 0 Å². The van der Waals surface area contributed by atoms with Crippen molar-refractivity contribution >= 4 is 5.97 Å². The van der Waals surface area contributed by atoms with Crippen LogP contribution in [0.25, 0.3) is 0 Å². The summed E-state index contributed by atoms with van der Waals surface area (Å²) in [5, 5.41) is 8.87. The second kappa shape index (κ2) is 5.17. The zero-order chi connectivity index (χ0) is 13.2. The van der Waals surface area contributed by atoms with Gasteiger partial charge in [-0.05, 0) is 31.2 Å². The van der Waals surface area contributed by atoms with E-state index in [2.05, 4.69) is 29.2 Å². The van der Waals surface area contributed by atoms with Gasteiger partial charge >= 0.3 is 5.97 Å². The van der Waals surface area contributed by atoms with Crippen molar-refractivity contribution in [1.29, 1.82) is 0 Å². The van der Waals surface area contributed by atoms with Crippen LogP contribution in [-0.4, -0.2) is 28.1 Å². The standard InChI is InChI=1S/C16H19NO2/c18-16(19)10-13-8-14-6-7-15(9-13)17(14)11-12-4-2-1-3-5-12/h1-5,10,14-15H,6-9,11H2,(H,18,19). The lowest BCUT2D eigenvalue weighted by Gasteiger charge is -2.36. The molecule has 2 aliphatic rings. The van der Waals surface area contributed by atoms with Crippen molar-refractivity contribution in [1.82, 2.24) is 4.90 Å². The molecular formula is C16H19NO2. The molecule has 100 valence electrons. The average molecular weight is 257 g/mol. The van der Waals surface area contributed by atoms with E-state index >= 15 is 0 Å². The van der Waals surface area contributed by atoms with Gasteiger partial charge in [0.25, 0.3) is 0 Å². The molecule has 2 atom stereocenters. The first-order chi connectivity index (χ1) is 9.22. The summed E-state index contributed by atoms with van der Waals surface area (Å²) in [7, 11) is 0. The first-order valence-electron chi connectivity index (χ1n) is 6.94. The molecule has 2 aliphatic heterocycles. The van der Waals surface area contributed by atoms with E-state index in [1.807, 2.05) is 6.07 Å². The molecule has 2 heterocycles. The first kappa shape index (κ1) is 12.4. The van der Waals surface area contributed by atoms with E-state index in [0.29, 0.717) is 12.1 Å².